The van der Waals surface area contributed by atoms with Crippen LogP contribution in [0.25, 0.3) is 0 Å². The first-order chi connectivity index (χ1) is 11.8. The number of aryl methyl sites for hydroxylation is 2. The number of piperidine rings is 1. The first kappa shape index (κ1) is 19.9. The number of rotatable bonds is 7. The van der Waals surface area contributed by atoms with Crippen molar-refractivity contribution >= 4 is 15.9 Å². The number of aromatic nitrogens is 2. The summed E-state index contributed by atoms with van der Waals surface area (Å²) in [6.07, 6.45) is 1.38. The zero-order valence-corrected chi connectivity index (χ0v) is 16.2. The molecule has 0 aromatic carbocycles. The summed E-state index contributed by atoms with van der Waals surface area (Å²) in [5.41, 5.74) is 0.993. The molecule has 1 fully saturated rings. The van der Waals surface area contributed by atoms with E-state index in [1.807, 2.05) is 13.8 Å². The van der Waals surface area contributed by atoms with Gasteiger partial charge in [-0.15, -0.1) is 0 Å². The Labute approximate surface area is 149 Å². The van der Waals surface area contributed by atoms with E-state index in [4.69, 9.17) is 0 Å². The van der Waals surface area contributed by atoms with Crippen LogP contribution in [0.2, 0.25) is 0 Å². The van der Waals surface area contributed by atoms with Crippen molar-refractivity contribution in [3.8, 4) is 0 Å². The zero-order valence-electron chi connectivity index (χ0n) is 15.4. The molecule has 3 N–H and O–H groups in total. The minimum Gasteiger partial charge on any atom is -0.354 e. The fourth-order valence-electron chi connectivity index (χ4n) is 3.24. The number of hydrogen-bond acceptors (Lipinski definition) is 5. The molecule has 25 heavy (non-hydrogen) atoms. The molecule has 2 atom stereocenters. The number of H-pyrrole nitrogens is 1. The summed E-state index contributed by atoms with van der Waals surface area (Å²) in [7, 11) is -3.64. The fourth-order valence-corrected chi connectivity index (χ4v) is 5.10. The molecule has 9 heteroatoms. The molecule has 1 unspecified atom stereocenters. The third kappa shape index (κ3) is 4.59. The maximum absolute atomic E-state index is 12.9. The minimum atomic E-state index is -3.64. The smallest absolute Gasteiger partial charge is 0.246 e. The molecule has 8 nitrogen and oxygen atoms in total. The molecular weight excluding hydrogens is 342 g/mol. The number of hydrogen-bond donors (Lipinski definition) is 3. The highest BCUT2D eigenvalue weighted by Crippen LogP contribution is 2.26. The van der Waals surface area contributed by atoms with Crippen LogP contribution in [0.4, 0.5) is 0 Å². The van der Waals surface area contributed by atoms with E-state index < -0.39 is 10.0 Å². The number of nitrogens with one attached hydrogen (secondary N) is 3. The van der Waals surface area contributed by atoms with Crippen molar-refractivity contribution in [3.63, 3.8) is 0 Å². The predicted molar refractivity (Wildman–Crippen MR) is 95.7 cm³/mol. The number of amides is 1. The molecule has 0 bridgehead atoms. The lowest BCUT2D eigenvalue weighted by molar-refractivity contribution is -0.126. The van der Waals surface area contributed by atoms with Gasteiger partial charge < -0.3 is 10.6 Å². The average molecular weight is 372 g/mol. The van der Waals surface area contributed by atoms with Crippen molar-refractivity contribution in [2.24, 2.45) is 5.92 Å². The lowest BCUT2D eigenvalue weighted by Crippen LogP contribution is -2.47. The van der Waals surface area contributed by atoms with Gasteiger partial charge in [0.25, 0.3) is 0 Å². The second kappa shape index (κ2) is 8.29. The van der Waals surface area contributed by atoms with Crippen molar-refractivity contribution in [1.29, 1.82) is 0 Å². The van der Waals surface area contributed by atoms with Crippen LogP contribution in [0.3, 0.4) is 0 Å². The lowest BCUT2D eigenvalue weighted by atomic mass is 9.99. The number of carbonyl (C=O) groups excluding carboxylic acids is 1. The molecule has 0 aliphatic carbocycles. The fraction of sp³-hybridized carbons (Fsp3) is 0.750. The predicted octanol–water partition coefficient (Wildman–Crippen LogP) is 0.541. The van der Waals surface area contributed by atoms with Gasteiger partial charge >= 0.3 is 0 Å². The van der Waals surface area contributed by atoms with Crippen molar-refractivity contribution in [2.75, 3.05) is 26.2 Å². The van der Waals surface area contributed by atoms with E-state index in [0.29, 0.717) is 37.3 Å². The molecule has 0 saturated carbocycles. The third-order valence-corrected chi connectivity index (χ3v) is 6.68. The van der Waals surface area contributed by atoms with Gasteiger partial charge in [-0.25, -0.2) is 8.42 Å². The molecule has 2 rings (SSSR count). The van der Waals surface area contributed by atoms with Crippen molar-refractivity contribution in [3.05, 3.63) is 11.4 Å². The second-order valence-corrected chi connectivity index (χ2v) is 8.54. The highest BCUT2D eigenvalue weighted by Gasteiger charge is 2.35. The van der Waals surface area contributed by atoms with E-state index in [0.717, 1.165) is 6.54 Å². The molecule has 1 aliphatic rings. The summed E-state index contributed by atoms with van der Waals surface area (Å²) in [6, 6.07) is 0.189. The Morgan fingerprint density at radius 2 is 2.16 bits per heavy atom. The molecule has 1 amide bonds. The van der Waals surface area contributed by atoms with Gasteiger partial charge in [0, 0.05) is 25.7 Å². The Bertz CT molecular complexity index is 681. The number of sulfonamides is 1. The van der Waals surface area contributed by atoms with Gasteiger partial charge in [0.15, 0.2) is 0 Å². The number of likely N-dealkylation sites (N-methyl/N-ethyl adjacent to an activating group) is 1. The van der Waals surface area contributed by atoms with Crippen molar-refractivity contribution in [1.82, 2.24) is 25.1 Å². The number of nitrogens with zero attached hydrogens (tertiary/aromatic N) is 2. The number of carbonyl (C=O) groups is 1. The van der Waals surface area contributed by atoms with E-state index in [1.54, 1.807) is 13.8 Å². The van der Waals surface area contributed by atoms with Gasteiger partial charge in [0.05, 0.1) is 17.3 Å². The maximum atomic E-state index is 12.9. The van der Waals surface area contributed by atoms with Crippen LogP contribution >= 0.6 is 0 Å². The summed E-state index contributed by atoms with van der Waals surface area (Å²) in [5, 5.41) is 12.9. The van der Waals surface area contributed by atoms with E-state index >= 15 is 0 Å². The lowest BCUT2D eigenvalue weighted by Gasteiger charge is -2.31. The molecule has 0 radical (unpaired) electrons. The second-order valence-electron chi connectivity index (χ2n) is 6.67. The van der Waals surface area contributed by atoms with E-state index in [9.17, 15) is 13.2 Å². The van der Waals surface area contributed by atoms with E-state index in [1.165, 1.54) is 4.31 Å². The summed E-state index contributed by atoms with van der Waals surface area (Å²) in [4.78, 5) is 12.7. The quantitative estimate of drug-likeness (QED) is 0.648. The Morgan fingerprint density at radius 3 is 2.76 bits per heavy atom. The third-order valence-electron chi connectivity index (χ3n) is 4.55. The van der Waals surface area contributed by atoms with E-state index in [2.05, 4.69) is 20.8 Å². The van der Waals surface area contributed by atoms with Crippen LogP contribution in [0.5, 0.6) is 0 Å². The summed E-state index contributed by atoms with van der Waals surface area (Å²) < 4.78 is 27.3. The van der Waals surface area contributed by atoms with Crippen LogP contribution < -0.4 is 10.6 Å². The normalized spacial score (nSPS) is 20.4. The van der Waals surface area contributed by atoms with Crippen LogP contribution in [0.15, 0.2) is 4.90 Å². The standard InChI is InChI=1S/C16H29N5O3S/c1-5-17-11(2)9-18-16(22)14-7-6-8-21(10-14)25(23,24)15-12(3)19-20-13(15)4/h11,14,17H,5-10H2,1-4H3,(H,18,22)(H,19,20)/t11-,14?/m1/s1. The van der Waals surface area contributed by atoms with E-state index in [-0.39, 0.29) is 29.3 Å². The average Bonchev–Trinajstić information content (AvgIpc) is 2.92. The van der Waals surface area contributed by atoms with Crippen molar-refractivity contribution in [2.45, 2.75) is 51.5 Å². The highest BCUT2D eigenvalue weighted by molar-refractivity contribution is 7.89. The Morgan fingerprint density at radius 1 is 1.44 bits per heavy atom. The largest absolute Gasteiger partial charge is 0.354 e. The zero-order chi connectivity index (χ0) is 18.6. The van der Waals surface area contributed by atoms with Crippen LogP contribution in [0.1, 0.15) is 38.1 Å². The summed E-state index contributed by atoms with van der Waals surface area (Å²) >= 11 is 0. The van der Waals surface area contributed by atoms with Gasteiger partial charge in [-0.05, 0) is 40.2 Å². The molecule has 0 spiro atoms. The SMILES string of the molecule is CCN[C@H](C)CNC(=O)C1CCCN(S(=O)(=O)c2c(C)n[nH]c2C)C1. The molecule has 1 aromatic heterocycles. The summed E-state index contributed by atoms with van der Waals surface area (Å²) in [5.74, 6) is -0.393. The van der Waals surface area contributed by atoms with Crippen molar-refractivity contribution < 1.29 is 13.2 Å². The number of aromatic amines is 1. The summed E-state index contributed by atoms with van der Waals surface area (Å²) in [6.45, 7) is 9.42. The van der Waals surface area contributed by atoms with Gasteiger partial charge in [-0.1, -0.05) is 6.92 Å². The molecule has 1 saturated heterocycles. The Kier molecular flexibility index (Phi) is 6.59. The Balaban J connectivity index is 2.04. The van der Waals surface area contributed by atoms with Crippen LogP contribution in [-0.2, 0) is 14.8 Å². The van der Waals surface area contributed by atoms with Gasteiger partial charge in [0.1, 0.15) is 4.90 Å². The van der Waals surface area contributed by atoms with Crippen LogP contribution in [0, 0.1) is 19.8 Å². The monoisotopic (exact) mass is 371 g/mol. The molecule has 142 valence electrons. The highest BCUT2D eigenvalue weighted by atomic mass is 32.2. The molecule has 1 aliphatic heterocycles. The maximum Gasteiger partial charge on any atom is 0.246 e. The topological polar surface area (TPSA) is 107 Å². The molecule has 2 heterocycles. The molecular formula is C16H29N5O3S. The molecule has 1 aromatic rings. The first-order valence-electron chi connectivity index (χ1n) is 8.80. The van der Waals surface area contributed by atoms with Gasteiger partial charge in [-0.2, -0.15) is 9.40 Å². The first-order valence-corrected chi connectivity index (χ1v) is 10.2. The van der Waals surface area contributed by atoms with Gasteiger partial charge in [-0.3, -0.25) is 9.89 Å². The minimum absolute atomic E-state index is 0.0784. The van der Waals surface area contributed by atoms with Crippen LogP contribution in [-0.4, -0.2) is 61.0 Å². The van der Waals surface area contributed by atoms with Gasteiger partial charge in [0.2, 0.25) is 15.9 Å². The Hall–Kier alpha value is -1.45.